The van der Waals surface area contributed by atoms with Gasteiger partial charge < -0.3 is 8.60 Å². The Bertz CT molecular complexity index is 948. The quantitative estimate of drug-likeness (QED) is 0.543. The number of fused-ring (bicyclic) bond motifs is 1. The SMILES string of the molecule is O=c1ccc2ccc(OS(=O)(=O)c3cccnc3)cc2o1. The molecule has 0 bridgehead atoms. The standard InChI is InChI=1S/C14H9NO5S/c16-14-6-4-10-3-5-11(8-13(10)19-14)20-21(17,18)12-2-1-7-15-9-12/h1-9H. The van der Waals surface area contributed by atoms with Crippen LogP contribution in [0.25, 0.3) is 11.0 Å². The second-order valence-corrected chi connectivity index (χ2v) is 5.73. The number of pyridine rings is 1. The van der Waals surface area contributed by atoms with E-state index in [0.29, 0.717) is 5.39 Å². The van der Waals surface area contributed by atoms with Crippen LogP contribution in [0.5, 0.6) is 5.75 Å². The van der Waals surface area contributed by atoms with Crippen molar-refractivity contribution in [3.8, 4) is 5.75 Å². The molecule has 0 saturated heterocycles. The van der Waals surface area contributed by atoms with Crippen LogP contribution in [-0.4, -0.2) is 13.4 Å². The molecule has 0 spiro atoms. The van der Waals surface area contributed by atoms with E-state index in [0.717, 1.165) is 0 Å². The lowest BCUT2D eigenvalue weighted by Gasteiger charge is -2.06. The van der Waals surface area contributed by atoms with Crippen LogP contribution < -0.4 is 9.81 Å². The molecule has 3 aromatic rings. The van der Waals surface area contributed by atoms with Gasteiger partial charge in [-0.25, -0.2) is 4.79 Å². The molecule has 6 nitrogen and oxygen atoms in total. The highest BCUT2D eigenvalue weighted by Gasteiger charge is 2.17. The molecule has 3 rings (SSSR count). The largest absolute Gasteiger partial charge is 0.423 e. The van der Waals surface area contributed by atoms with Crippen molar-refractivity contribution in [3.63, 3.8) is 0 Å². The molecule has 0 aliphatic carbocycles. The number of aromatic nitrogens is 1. The first-order valence-corrected chi connectivity index (χ1v) is 7.34. The third-order valence-corrected chi connectivity index (χ3v) is 3.95. The Balaban J connectivity index is 2.00. The van der Waals surface area contributed by atoms with Crippen molar-refractivity contribution in [1.82, 2.24) is 4.98 Å². The average Bonchev–Trinajstić information content (AvgIpc) is 2.47. The second kappa shape index (κ2) is 5.02. The maximum Gasteiger partial charge on any atom is 0.340 e. The van der Waals surface area contributed by atoms with Crippen LogP contribution in [0.4, 0.5) is 0 Å². The molecular weight excluding hydrogens is 294 g/mol. The highest BCUT2D eigenvalue weighted by molar-refractivity contribution is 7.87. The summed E-state index contributed by atoms with van der Waals surface area (Å²) in [4.78, 5) is 14.8. The van der Waals surface area contributed by atoms with Gasteiger partial charge in [0.15, 0.2) is 0 Å². The van der Waals surface area contributed by atoms with Gasteiger partial charge in [-0.2, -0.15) is 8.42 Å². The Labute approximate surface area is 119 Å². The summed E-state index contributed by atoms with van der Waals surface area (Å²) in [5, 5.41) is 0.667. The average molecular weight is 303 g/mol. The Morgan fingerprint density at radius 3 is 2.67 bits per heavy atom. The topological polar surface area (TPSA) is 86.5 Å². The maximum atomic E-state index is 12.1. The predicted molar refractivity (Wildman–Crippen MR) is 74.5 cm³/mol. The minimum Gasteiger partial charge on any atom is -0.423 e. The van der Waals surface area contributed by atoms with Crippen LogP contribution in [0.3, 0.4) is 0 Å². The zero-order valence-electron chi connectivity index (χ0n) is 10.6. The molecule has 2 aromatic heterocycles. The van der Waals surface area contributed by atoms with Crippen molar-refractivity contribution in [3.05, 3.63) is 65.3 Å². The molecule has 0 fully saturated rings. The normalized spacial score (nSPS) is 11.4. The van der Waals surface area contributed by atoms with Gasteiger partial charge >= 0.3 is 15.7 Å². The highest BCUT2D eigenvalue weighted by atomic mass is 32.2. The van der Waals surface area contributed by atoms with E-state index in [1.54, 1.807) is 12.1 Å². The van der Waals surface area contributed by atoms with Crippen LogP contribution in [0, 0.1) is 0 Å². The van der Waals surface area contributed by atoms with E-state index in [1.807, 2.05) is 0 Å². The first-order chi connectivity index (χ1) is 10.0. The molecule has 0 radical (unpaired) electrons. The van der Waals surface area contributed by atoms with Crippen molar-refractivity contribution in [2.45, 2.75) is 4.90 Å². The van der Waals surface area contributed by atoms with Crippen molar-refractivity contribution in [2.24, 2.45) is 0 Å². The van der Waals surface area contributed by atoms with Gasteiger partial charge in [0.05, 0.1) is 0 Å². The monoisotopic (exact) mass is 303 g/mol. The Morgan fingerprint density at radius 1 is 1.10 bits per heavy atom. The lowest BCUT2D eigenvalue weighted by Crippen LogP contribution is -2.09. The van der Waals surface area contributed by atoms with Crippen LogP contribution in [0.15, 0.2) is 69.0 Å². The highest BCUT2D eigenvalue weighted by Crippen LogP contribution is 2.22. The molecule has 1 aromatic carbocycles. The Morgan fingerprint density at radius 2 is 1.90 bits per heavy atom. The van der Waals surface area contributed by atoms with E-state index >= 15 is 0 Å². The van der Waals surface area contributed by atoms with Gasteiger partial charge in [-0.15, -0.1) is 0 Å². The molecule has 0 N–H and O–H groups in total. The summed E-state index contributed by atoms with van der Waals surface area (Å²) >= 11 is 0. The molecule has 7 heteroatoms. The van der Waals surface area contributed by atoms with Gasteiger partial charge in [0.1, 0.15) is 16.2 Å². The maximum absolute atomic E-state index is 12.1. The van der Waals surface area contributed by atoms with E-state index in [1.165, 1.54) is 42.7 Å². The van der Waals surface area contributed by atoms with E-state index in [-0.39, 0.29) is 16.2 Å². The van der Waals surface area contributed by atoms with Crippen molar-refractivity contribution in [1.29, 1.82) is 0 Å². The summed E-state index contributed by atoms with van der Waals surface area (Å²) in [7, 11) is -3.97. The van der Waals surface area contributed by atoms with E-state index in [2.05, 4.69) is 4.98 Å². The molecule has 0 aliphatic rings. The molecule has 0 aliphatic heterocycles. The summed E-state index contributed by atoms with van der Waals surface area (Å²) in [5.74, 6) is 0.0562. The third-order valence-electron chi connectivity index (χ3n) is 2.72. The molecule has 106 valence electrons. The summed E-state index contributed by atoms with van der Waals surface area (Å²) in [6.07, 6.45) is 2.65. The van der Waals surface area contributed by atoms with Gasteiger partial charge in [0.25, 0.3) is 0 Å². The molecule has 0 atom stereocenters. The van der Waals surface area contributed by atoms with Gasteiger partial charge in [0, 0.05) is 29.9 Å². The van der Waals surface area contributed by atoms with Crippen LogP contribution >= 0.6 is 0 Å². The second-order valence-electron chi connectivity index (χ2n) is 4.18. The molecule has 2 heterocycles. The van der Waals surface area contributed by atoms with E-state index < -0.39 is 15.7 Å². The first-order valence-electron chi connectivity index (χ1n) is 5.93. The molecule has 0 unspecified atom stereocenters. The third kappa shape index (κ3) is 2.77. The fourth-order valence-corrected chi connectivity index (χ4v) is 2.65. The van der Waals surface area contributed by atoms with Crippen molar-refractivity contribution >= 4 is 21.1 Å². The minimum absolute atomic E-state index is 0.0559. The van der Waals surface area contributed by atoms with Gasteiger partial charge in [-0.05, 0) is 30.3 Å². The van der Waals surface area contributed by atoms with Crippen LogP contribution in [0.2, 0.25) is 0 Å². The lowest BCUT2D eigenvalue weighted by atomic mass is 10.2. The minimum atomic E-state index is -3.97. The Kier molecular flexibility index (Phi) is 3.19. The molecular formula is C14H9NO5S. The fourth-order valence-electron chi connectivity index (χ4n) is 1.76. The zero-order chi connectivity index (χ0) is 14.9. The van der Waals surface area contributed by atoms with Gasteiger partial charge in [0.2, 0.25) is 0 Å². The van der Waals surface area contributed by atoms with Crippen LogP contribution in [0.1, 0.15) is 0 Å². The predicted octanol–water partition coefficient (Wildman–Crippen LogP) is 1.96. The number of hydrogen-bond acceptors (Lipinski definition) is 6. The summed E-state index contributed by atoms with van der Waals surface area (Å²) < 4.78 is 34.1. The van der Waals surface area contributed by atoms with E-state index in [9.17, 15) is 13.2 Å². The lowest BCUT2D eigenvalue weighted by molar-refractivity contribution is 0.484. The fraction of sp³-hybridized carbons (Fsp3) is 0. The molecule has 0 saturated carbocycles. The number of hydrogen-bond donors (Lipinski definition) is 0. The number of rotatable bonds is 3. The zero-order valence-corrected chi connectivity index (χ0v) is 11.4. The van der Waals surface area contributed by atoms with E-state index in [4.69, 9.17) is 8.60 Å². The first kappa shape index (κ1) is 13.3. The number of benzene rings is 1. The van der Waals surface area contributed by atoms with Crippen molar-refractivity contribution < 1.29 is 17.0 Å². The summed E-state index contributed by atoms with van der Waals surface area (Å²) in [6.45, 7) is 0. The summed E-state index contributed by atoms with van der Waals surface area (Å²) in [5.41, 5.74) is -0.267. The molecule has 21 heavy (non-hydrogen) atoms. The van der Waals surface area contributed by atoms with Crippen molar-refractivity contribution in [2.75, 3.05) is 0 Å². The van der Waals surface area contributed by atoms with Gasteiger partial charge in [-0.1, -0.05) is 0 Å². The Hall–Kier alpha value is -2.67. The molecule has 0 amide bonds. The number of nitrogens with zero attached hydrogens (tertiary/aromatic N) is 1. The van der Waals surface area contributed by atoms with Gasteiger partial charge in [-0.3, -0.25) is 4.98 Å². The van der Waals surface area contributed by atoms with Crippen LogP contribution in [-0.2, 0) is 10.1 Å². The summed E-state index contributed by atoms with van der Waals surface area (Å²) in [6, 6.07) is 10.2. The smallest absolute Gasteiger partial charge is 0.340 e.